The third-order valence-electron chi connectivity index (χ3n) is 3.30. The number of rotatable bonds is 4. The zero-order valence-corrected chi connectivity index (χ0v) is 11.8. The minimum absolute atomic E-state index is 0.268. The van der Waals surface area contributed by atoms with Gasteiger partial charge in [0, 0.05) is 12.1 Å². The van der Waals surface area contributed by atoms with E-state index >= 15 is 0 Å². The molecule has 0 radical (unpaired) electrons. The highest BCUT2D eigenvalue weighted by molar-refractivity contribution is 5.86. The molecule has 106 valence electrons. The van der Waals surface area contributed by atoms with Gasteiger partial charge in [-0.25, -0.2) is 19.3 Å². The summed E-state index contributed by atoms with van der Waals surface area (Å²) in [5.41, 5.74) is 4.17. The van der Waals surface area contributed by atoms with Crippen LogP contribution in [0.5, 0.6) is 0 Å². The Labute approximate surface area is 122 Å². The number of imidazole rings is 1. The van der Waals surface area contributed by atoms with E-state index in [1.165, 1.54) is 18.5 Å². The first kappa shape index (κ1) is 13.4. The molecule has 0 spiro atoms. The van der Waals surface area contributed by atoms with Crippen molar-refractivity contribution in [1.29, 1.82) is 0 Å². The number of aromatic nitrogens is 4. The van der Waals surface area contributed by atoms with Gasteiger partial charge in [-0.1, -0.05) is 5.57 Å². The van der Waals surface area contributed by atoms with Crippen LogP contribution in [0.25, 0.3) is 22.4 Å². The van der Waals surface area contributed by atoms with Gasteiger partial charge in [0.25, 0.3) is 0 Å². The lowest BCUT2D eigenvalue weighted by molar-refractivity contribution is 0.628. The van der Waals surface area contributed by atoms with Crippen LogP contribution in [0.2, 0.25) is 0 Å². The molecular weight excluding hydrogens is 267 g/mol. The van der Waals surface area contributed by atoms with Crippen LogP contribution in [0.3, 0.4) is 0 Å². The molecule has 21 heavy (non-hydrogen) atoms. The van der Waals surface area contributed by atoms with E-state index in [1.54, 1.807) is 18.5 Å². The Morgan fingerprint density at radius 1 is 1.19 bits per heavy atom. The van der Waals surface area contributed by atoms with Crippen molar-refractivity contribution in [3.63, 3.8) is 0 Å². The molecule has 3 rings (SSSR count). The normalized spacial score (nSPS) is 11.0. The average molecular weight is 282 g/mol. The number of aryl methyl sites for hydroxylation is 1. The monoisotopic (exact) mass is 282 g/mol. The first-order chi connectivity index (χ1) is 10.1. The molecule has 2 heterocycles. The maximum absolute atomic E-state index is 13.0. The van der Waals surface area contributed by atoms with Gasteiger partial charge in [0.15, 0.2) is 5.65 Å². The van der Waals surface area contributed by atoms with Crippen molar-refractivity contribution in [2.45, 2.75) is 19.9 Å². The maximum Gasteiger partial charge on any atom is 0.163 e. The Hall–Kier alpha value is -2.56. The molecule has 0 N–H and O–H groups in total. The fraction of sp³-hybridized carbons (Fsp3) is 0.188. The van der Waals surface area contributed by atoms with E-state index in [0.717, 1.165) is 35.3 Å². The molecule has 0 saturated carbocycles. The van der Waals surface area contributed by atoms with E-state index in [2.05, 4.69) is 21.5 Å². The van der Waals surface area contributed by atoms with Crippen LogP contribution in [-0.2, 0) is 6.54 Å². The maximum atomic E-state index is 13.0. The molecule has 0 amide bonds. The fourth-order valence-electron chi connectivity index (χ4n) is 2.17. The number of halogens is 1. The summed E-state index contributed by atoms with van der Waals surface area (Å²) >= 11 is 0. The molecule has 0 aliphatic heterocycles. The molecule has 2 aromatic heterocycles. The minimum atomic E-state index is -0.268. The SMILES string of the molecule is C=C(C)CCn1cnc2c(-c3ccc(F)cc3)ncnc21. The molecule has 0 fully saturated rings. The molecule has 3 aromatic rings. The summed E-state index contributed by atoms with van der Waals surface area (Å²) in [6, 6.07) is 6.23. The lowest BCUT2D eigenvalue weighted by atomic mass is 10.1. The smallest absolute Gasteiger partial charge is 0.163 e. The summed E-state index contributed by atoms with van der Waals surface area (Å²) in [4.78, 5) is 13.0. The largest absolute Gasteiger partial charge is 0.315 e. The van der Waals surface area contributed by atoms with Crippen LogP contribution in [0.15, 0.2) is 49.1 Å². The molecule has 0 saturated heterocycles. The first-order valence-corrected chi connectivity index (χ1v) is 6.71. The van der Waals surface area contributed by atoms with Gasteiger partial charge in [-0.05, 0) is 37.6 Å². The molecular formula is C16H15FN4. The summed E-state index contributed by atoms with van der Waals surface area (Å²) in [7, 11) is 0. The lowest BCUT2D eigenvalue weighted by Crippen LogP contribution is -1.98. The van der Waals surface area contributed by atoms with Gasteiger partial charge in [0.1, 0.15) is 23.4 Å². The van der Waals surface area contributed by atoms with Gasteiger partial charge in [-0.15, -0.1) is 6.58 Å². The summed E-state index contributed by atoms with van der Waals surface area (Å²) in [6.45, 7) is 6.69. The molecule has 0 atom stereocenters. The van der Waals surface area contributed by atoms with E-state index < -0.39 is 0 Å². The number of hydrogen-bond donors (Lipinski definition) is 0. The molecule has 1 aromatic carbocycles. The summed E-state index contributed by atoms with van der Waals surface area (Å²) in [6.07, 6.45) is 4.15. The summed E-state index contributed by atoms with van der Waals surface area (Å²) in [5.74, 6) is -0.268. The van der Waals surface area contributed by atoms with Crippen LogP contribution in [0.1, 0.15) is 13.3 Å². The third-order valence-corrected chi connectivity index (χ3v) is 3.30. The predicted octanol–water partition coefficient (Wildman–Crippen LogP) is 3.60. The molecule has 4 nitrogen and oxygen atoms in total. The van der Waals surface area contributed by atoms with Crippen molar-refractivity contribution in [2.75, 3.05) is 0 Å². The van der Waals surface area contributed by atoms with Gasteiger partial charge in [0.2, 0.25) is 0 Å². The molecule has 0 aliphatic carbocycles. The Bertz CT molecular complexity index is 790. The lowest BCUT2D eigenvalue weighted by Gasteiger charge is -2.04. The quantitative estimate of drug-likeness (QED) is 0.687. The van der Waals surface area contributed by atoms with Crippen LogP contribution in [0, 0.1) is 5.82 Å². The third kappa shape index (κ3) is 2.67. The van der Waals surface area contributed by atoms with Crippen molar-refractivity contribution in [3.8, 4) is 11.3 Å². The number of benzene rings is 1. The highest BCUT2D eigenvalue weighted by atomic mass is 19.1. The van der Waals surface area contributed by atoms with E-state index in [4.69, 9.17) is 0 Å². The van der Waals surface area contributed by atoms with E-state index in [9.17, 15) is 4.39 Å². The van der Waals surface area contributed by atoms with Gasteiger partial charge in [-0.2, -0.15) is 0 Å². The minimum Gasteiger partial charge on any atom is -0.315 e. The van der Waals surface area contributed by atoms with Gasteiger partial charge >= 0.3 is 0 Å². The van der Waals surface area contributed by atoms with E-state index in [1.807, 2.05) is 11.5 Å². The number of nitrogens with zero attached hydrogens (tertiary/aromatic N) is 4. The van der Waals surface area contributed by atoms with Gasteiger partial charge in [-0.3, -0.25) is 0 Å². The molecule has 0 unspecified atom stereocenters. The Kier molecular flexibility index (Phi) is 3.48. The highest BCUT2D eigenvalue weighted by Gasteiger charge is 2.11. The fourth-order valence-corrected chi connectivity index (χ4v) is 2.17. The van der Waals surface area contributed by atoms with Gasteiger partial charge < -0.3 is 4.57 Å². The van der Waals surface area contributed by atoms with Crippen molar-refractivity contribution in [3.05, 3.63) is 54.9 Å². The highest BCUT2D eigenvalue weighted by Crippen LogP contribution is 2.24. The number of allylic oxidation sites excluding steroid dienone is 1. The average Bonchev–Trinajstić information content (AvgIpc) is 2.89. The summed E-state index contributed by atoms with van der Waals surface area (Å²) in [5, 5.41) is 0. The van der Waals surface area contributed by atoms with E-state index in [-0.39, 0.29) is 5.82 Å². The zero-order chi connectivity index (χ0) is 14.8. The second-order valence-electron chi connectivity index (χ2n) is 5.05. The Balaban J connectivity index is 2.05. The van der Waals surface area contributed by atoms with Crippen molar-refractivity contribution < 1.29 is 4.39 Å². The number of hydrogen-bond acceptors (Lipinski definition) is 3. The molecule has 0 aliphatic rings. The first-order valence-electron chi connectivity index (χ1n) is 6.71. The van der Waals surface area contributed by atoms with Crippen LogP contribution in [0.4, 0.5) is 4.39 Å². The molecule has 5 heteroatoms. The summed E-state index contributed by atoms with van der Waals surface area (Å²) < 4.78 is 15.0. The second kappa shape index (κ2) is 5.44. The zero-order valence-electron chi connectivity index (χ0n) is 11.8. The number of fused-ring (bicyclic) bond motifs is 1. The van der Waals surface area contributed by atoms with Crippen LogP contribution >= 0.6 is 0 Å². The van der Waals surface area contributed by atoms with E-state index in [0.29, 0.717) is 5.69 Å². The molecule has 0 bridgehead atoms. The van der Waals surface area contributed by atoms with Gasteiger partial charge in [0.05, 0.1) is 6.33 Å². The van der Waals surface area contributed by atoms with Crippen molar-refractivity contribution in [2.24, 2.45) is 0 Å². The Morgan fingerprint density at radius 3 is 2.67 bits per heavy atom. The van der Waals surface area contributed by atoms with Crippen LogP contribution < -0.4 is 0 Å². The van der Waals surface area contributed by atoms with Crippen molar-refractivity contribution >= 4 is 11.2 Å². The Morgan fingerprint density at radius 2 is 1.95 bits per heavy atom. The standard InChI is InChI=1S/C16H15FN4/c1-11(2)7-8-21-10-20-15-14(18-9-19-16(15)21)12-3-5-13(17)6-4-12/h3-6,9-10H,1,7-8H2,2H3. The van der Waals surface area contributed by atoms with Crippen molar-refractivity contribution in [1.82, 2.24) is 19.5 Å². The van der Waals surface area contributed by atoms with Crippen LogP contribution in [-0.4, -0.2) is 19.5 Å². The predicted molar refractivity (Wildman–Crippen MR) is 80.1 cm³/mol. The topological polar surface area (TPSA) is 43.6 Å². The second-order valence-corrected chi connectivity index (χ2v) is 5.05.